The standard InChI is InChI=1S/C54H82N6O12/c1-10-35(4)48(45(69-7)32-46(62)59-27-18-21-43(59)50(70-8)36(5)51(63)55-42(54(66)71-9)29-37-19-14-13-15-20-37)57(6)53(65)47(34(2)3)56-52(64)49-38-22-24-40(30-38)58(49)26-16-11-12-17-28-72-41-25-23-39(33-61)44(31-41)60(67)68/h13-15,19-20,23,25,31,34-36,38,40,42-43,45,47-50,61H,10-12,16-18,21-22,24,26-30,32-33H2,1-9H3,(H,55,63)(H,56,64)/t35-,36+,38-,40-,42-,43-,45+,47-,48-,49-,50+/m0/s1. The number of benzene rings is 2. The highest BCUT2D eigenvalue weighted by atomic mass is 16.6. The number of unbranched alkanes of at least 4 members (excludes halogenated alkanes) is 3. The molecule has 3 N–H and O–H groups in total. The van der Waals surface area contributed by atoms with Crippen LogP contribution in [0.4, 0.5) is 5.69 Å². The third-order valence-electron chi connectivity index (χ3n) is 15.6. The van der Waals surface area contributed by atoms with Crippen LogP contribution in [0.15, 0.2) is 48.5 Å². The van der Waals surface area contributed by atoms with Crippen molar-refractivity contribution in [3.05, 3.63) is 69.8 Å². The number of methoxy groups -OCH3 is 3. The maximum atomic E-state index is 14.7. The average molecular weight is 1010 g/mol. The van der Waals surface area contributed by atoms with E-state index in [0.717, 1.165) is 57.1 Å². The van der Waals surface area contributed by atoms with Gasteiger partial charge in [0, 0.05) is 40.3 Å². The number of fused-ring (bicyclic) bond motifs is 2. The first-order chi connectivity index (χ1) is 34.5. The van der Waals surface area contributed by atoms with Gasteiger partial charge in [0.15, 0.2) is 0 Å². The van der Waals surface area contributed by atoms with Gasteiger partial charge in [0.25, 0.3) is 5.69 Å². The minimum atomic E-state index is -0.912. The third kappa shape index (κ3) is 14.5. The molecule has 2 bridgehead atoms. The minimum Gasteiger partial charge on any atom is -0.493 e. The lowest BCUT2D eigenvalue weighted by molar-refractivity contribution is -0.385. The Balaban J connectivity index is 1.19. The molecule has 4 amide bonds. The molecular weight excluding hydrogens is 925 g/mol. The van der Waals surface area contributed by atoms with Crippen molar-refractivity contribution in [2.75, 3.05) is 48.1 Å². The van der Waals surface area contributed by atoms with Gasteiger partial charge < -0.3 is 44.5 Å². The van der Waals surface area contributed by atoms with Gasteiger partial charge in [-0.05, 0) is 86.9 Å². The molecule has 72 heavy (non-hydrogen) atoms. The maximum Gasteiger partial charge on any atom is 0.328 e. The van der Waals surface area contributed by atoms with Crippen molar-refractivity contribution in [3.8, 4) is 5.75 Å². The van der Waals surface area contributed by atoms with Crippen molar-refractivity contribution in [2.45, 2.75) is 167 Å². The number of likely N-dealkylation sites (N-methyl/N-ethyl adjacent to an activating group) is 1. The summed E-state index contributed by atoms with van der Waals surface area (Å²) in [5.41, 5.74) is 0.934. The molecule has 400 valence electrons. The van der Waals surface area contributed by atoms with Gasteiger partial charge in [-0.3, -0.25) is 34.2 Å². The number of aliphatic hydroxyl groups is 1. The molecule has 0 unspecified atom stereocenters. The van der Waals surface area contributed by atoms with Crippen LogP contribution in [0, 0.1) is 33.8 Å². The Hall–Kier alpha value is -5.17. The number of hydrogen-bond donors (Lipinski definition) is 3. The zero-order valence-electron chi connectivity index (χ0n) is 44.1. The Bertz CT molecular complexity index is 2110. The summed E-state index contributed by atoms with van der Waals surface area (Å²) in [4.78, 5) is 86.8. The number of nitro groups is 1. The number of rotatable bonds is 29. The summed E-state index contributed by atoms with van der Waals surface area (Å²) in [7, 11) is 6.10. The summed E-state index contributed by atoms with van der Waals surface area (Å²) in [5, 5.41) is 26.9. The van der Waals surface area contributed by atoms with Gasteiger partial charge in [-0.2, -0.15) is 0 Å². The van der Waals surface area contributed by atoms with E-state index in [9.17, 15) is 39.2 Å². The number of esters is 1. The SMILES string of the molecule is CC[C@H](C)[C@@H]([C@@H](CC(=O)N1CCC[C@H]1[C@H](OC)[C@@H](C)C(=O)N[C@@H](Cc1ccccc1)C(=O)OC)OC)N(C)C(=O)[C@@H](NC(=O)[C@@H]1[C@H]2CC[C@@H](C2)N1CCCCCCOc1ccc(CO)c([N+](=O)[O-])c1)C(C)C. The van der Waals surface area contributed by atoms with Crippen molar-refractivity contribution < 1.29 is 52.9 Å². The molecule has 1 aliphatic carbocycles. The number of aliphatic hydroxyl groups excluding tert-OH is 1. The van der Waals surface area contributed by atoms with Crippen molar-refractivity contribution in [2.24, 2.45) is 23.7 Å². The summed E-state index contributed by atoms with van der Waals surface area (Å²) >= 11 is 0. The Morgan fingerprint density at radius 3 is 2.29 bits per heavy atom. The number of ether oxygens (including phenoxy) is 4. The van der Waals surface area contributed by atoms with Gasteiger partial charge >= 0.3 is 5.97 Å². The number of piperidine rings is 1. The first-order valence-corrected chi connectivity index (χ1v) is 26.1. The molecule has 2 aromatic carbocycles. The Labute approximate surface area is 426 Å². The van der Waals surface area contributed by atoms with E-state index >= 15 is 0 Å². The van der Waals surface area contributed by atoms with Crippen LogP contribution >= 0.6 is 0 Å². The van der Waals surface area contributed by atoms with Crippen molar-refractivity contribution in [1.82, 2.24) is 25.3 Å². The summed E-state index contributed by atoms with van der Waals surface area (Å²) in [6.45, 7) is 10.9. The molecule has 0 spiro atoms. The van der Waals surface area contributed by atoms with E-state index in [0.29, 0.717) is 44.2 Å². The number of nitro benzene ring substituents is 1. The zero-order chi connectivity index (χ0) is 52.6. The van der Waals surface area contributed by atoms with Crippen LogP contribution in [0.3, 0.4) is 0 Å². The molecule has 3 fully saturated rings. The number of hydrogen-bond acceptors (Lipinski definition) is 13. The van der Waals surface area contributed by atoms with Crippen LogP contribution in [-0.4, -0.2) is 151 Å². The van der Waals surface area contributed by atoms with E-state index in [1.165, 1.54) is 26.4 Å². The van der Waals surface area contributed by atoms with Crippen LogP contribution in [-0.2, 0) is 51.2 Å². The molecule has 11 atom stereocenters. The topological polar surface area (TPSA) is 219 Å². The summed E-state index contributed by atoms with van der Waals surface area (Å²) in [6.07, 6.45) is 7.31. The summed E-state index contributed by atoms with van der Waals surface area (Å²) in [5.74, 6) is -1.94. The van der Waals surface area contributed by atoms with Crippen LogP contribution in [0.2, 0.25) is 0 Å². The number of nitrogens with one attached hydrogen (secondary N) is 2. The van der Waals surface area contributed by atoms with Crippen LogP contribution in [0.1, 0.15) is 116 Å². The second-order valence-corrected chi connectivity index (χ2v) is 20.5. The fourth-order valence-corrected chi connectivity index (χ4v) is 11.4. The van der Waals surface area contributed by atoms with Gasteiger partial charge in [-0.25, -0.2) is 4.79 Å². The molecular formula is C54H82N6O12. The third-order valence-corrected chi connectivity index (χ3v) is 15.6. The Kier molecular flexibility index (Phi) is 22.3. The number of carbonyl (C=O) groups excluding carboxylic acids is 5. The van der Waals surface area contributed by atoms with Gasteiger partial charge in [0.05, 0.1) is 79.5 Å². The first kappa shape index (κ1) is 57.7. The summed E-state index contributed by atoms with van der Waals surface area (Å²) < 4.78 is 22.9. The maximum absolute atomic E-state index is 14.7. The molecule has 18 heteroatoms. The number of likely N-dealkylation sites (tertiary alicyclic amines) is 2. The fraction of sp³-hybridized carbons (Fsp3) is 0.685. The van der Waals surface area contributed by atoms with E-state index in [-0.39, 0.29) is 65.6 Å². The Morgan fingerprint density at radius 2 is 1.65 bits per heavy atom. The van der Waals surface area contributed by atoms with Gasteiger partial charge in [0.1, 0.15) is 17.8 Å². The van der Waals surface area contributed by atoms with Crippen LogP contribution < -0.4 is 15.4 Å². The second-order valence-electron chi connectivity index (χ2n) is 20.5. The highest BCUT2D eigenvalue weighted by molar-refractivity contribution is 5.91. The smallest absolute Gasteiger partial charge is 0.328 e. The lowest BCUT2D eigenvalue weighted by Crippen LogP contribution is -2.60. The molecule has 2 aliphatic heterocycles. The average Bonchev–Trinajstić information content (AvgIpc) is 4.15. The van der Waals surface area contributed by atoms with E-state index in [2.05, 4.69) is 15.5 Å². The Morgan fingerprint density at radius 1 is 0.931 bits per heavy atom. The molecule has 2 aromatic rings. The van der Waals surface area contributed by atoms with Crippen molar-refractivity contribution >= 4 is 35.3 Å². The molecule has 0 radical (unpaired) electrons. The highest BCUT2D eigenvalue weighted by Gasteiger charge is 2.50. The van der Waals surface area contributed by atoms with Crippen LogP contribution in [0.5, 0.6) is 5.75 Å². The zero-order valence-corrected chi connectivity index (χ0v) is 44.1. The van der Waals surface area contributed by atoms with Crippen molar-refractivity contribution in [1.29, 1.82) is 0 Å². The largest absolute Gasteiger partial charge is 0.493 e. The first-order valence-electron chi connectivity index (χ1n) is 26.1. The lowest BCUT2D eigenvalue weighted by atomic mass is 9.89. The van der Waals surface area contributed by atoms with Gasteiger partial charge in [-0.1, -0.05) is 84.2 Å². The van der Waals surface area contributed by atoms with E-state index in [1.807, 2.05) is 58.0 Å². The normalized spacial score (nSPS) is 21.6. The minimum absolute atomic E-state index is 0.0199. The van der Waals surface area contributed by atoms with Gasteiger partial charge in [-0.15, -0.1) is 0 Å². The number of carbonyl (C=O) groups is 5. The molecule has 0 aromatic heterocycles. The predicted octanol–water partition coefficient (Wildman–Crippen LogP) is 5.84. The fourth-order valence-electron chi connectivity index (χ4n) is 11.4. The van der Waals surface area contributed by atoms with Crippen molar-refractivity contribution in [3.63, 3.8) is 0 Å². The highest BCUT2D eigenvalue weighted by Crippen LogP contribution is 2.43. The molecule has 18 nitrogen and oxygen atoms in total. The van der Waals surface area contributed by atoms with E-state index in [4.69, 9.17) is 18.9 Å². The quantitative estimate of drug-likeness (QED) is 0.0378. The van der Waals surface area contributed by atoms with Gasteiger partial charge in [0.2, 0.25) is 23.6 Å². The van der Waals surface area contributed by atoms with E-state index < -0.39 is 65.7 Å². The predicted molar refractivity (Wildman–Crippen MR) is 272 cm³/mol. The lowest BCUT2D eigenvalue weighted by Gasteiger charge is -2.41. The molecule has 2 saturated heterocycles. The van der Waals surface area contributed by atoms with E-state index in [1.54, 1.807) is 36.9 Å². The number of nitrogens with zero attached hydrogens (tertiary/aromatic N) is 4. The molecule has 3 aliphatic rings. The number of amides is 4. The van der Waals surface area contributed by atoms with Crippen LogP contribution in [0.25, 0.3) is 0 Å². The second kappa shape index (κ2) is 27.8. The molecule has 5 rings (SSSR count). The molecule has 2 heterocycles. The monoisotopic (exact) mass is 1010 g/mol. The summed E-state index contributed by atoms with van der Waals surface area (Å²) in [6, 6.07) is 11.2. The molecule has 1 saturated carbocycles.